The van der Waals surface area contributed by atoms with Crippen LogP contribution in [0.25, 0.3) is 0 Å². The summed E-state index contributed by atoms with van der Waals surface area (Å²) in [6.45, 7) is 4.16. The average Bonchev–Trinajstić information content (AvgIpc) is 2.72. The number of methoxy groups -OCH3 is 1. The van der Waals surface area contributed by atoms with Crippen molar-refractivity contribution in [2.75, 3.05) is 63.6 Å². The summed E-state index contributed by atoms with van der Waals surface area (Å²) in [6, 6.07) is 10.3. The van der Waals surface area contributed by atoms with Gasteiger partial charge in [0.15, 0.2) is 0 Å². The van der Waals surface area contributed by atoms with E-state index in [2.05, 4.69) is 17.0 Å². The van der Waals surface area contributed by atoms with Crippen molar-refractivity contribution in [2.45, 2.75) is 12.8 Å². The third-order valence-corrected chi connectivity index (χ3v) is 7.29. The number of ether oxygens (including phenoxy) is 1. The number of sulfonamides is 1. The zero-order valence-electron chi connectivity index (χ0n) is 15.9. The van der Waals surface area contributed by atoms with Gasteiger partial charge in [0.25, 0.3) is 0 Å². The molecule has 2 fully saturated rings. The lowest BCUT2D eigenvalue weighted by molar-refractivity contribution is -0.137. The second-order valence-electron chi connectivity index (χ2n) is 7.13. The van der Waals surface area contributed by atoms with Gasteiger partial charge in [-0.05, 0) is 25.0 Å². The highest BCUT2D eigenvalue weighted by Gasteiger charge is 2.33. The van der Waals surface area contributed by atoms with Crippen LogP contribution in [0.3, 0.4) is 0 Å². The molecular formula is C19H29N3O4S. The SMILES string of the molecule is COCCS(=O)(=O)N1CCC(C(=O)N2CCN(c3ccccc3)CC2)CC1. The van der Waals surface area contributed by atoms with Crippen molar-refractivity contribution >= 4 is 21.6 Å². The van der Waals surface area contributed by atoms with Crippen molar-refractivity contribution < 1.29 is 17.9 Å². The Bertz CT molecular complexity index is 710. The maximum atomic E-state index is 12.8. The number of piperazine rings is 1. The van der Waals surface area contributed by atoms with Crippen LogP contribution in [0, 0.1) is 5.92 Å². The van der Waals surface area contributed by atoms with Gasteiger partial charge < -0.3 is 14.5 Å². The molecule has 2 aliphatic rings. The molecule has 27 heavy (non-hydrogen) atoms. The van der Waals surface area contributed by atoms with Crippen molar-refractivity contribution in [1.29, 1.82) is 0 Å². The largest absolute Gasteiger partial charge is 0.384 e. The first kappa shape index (κ1) is 20.1. The molecule has 0 aromatic heterocycles. The van der Waals surface area contributed by atoms with E-state index in [1.54, 1.807) is 0 Å². The van der Waals surface area contributed by atoms with E-state index in [0.717, 1.165) is 26.2 Å². The molecule has 0 saturated carbocycles. The molecule has 0 bridgehead atoms. The van der Waals surface area contributed by atoms with Crippen molar-refractivity contribution in [3.05, 3.63) is 30.3 Å². The topological polar surface area (TPSA) is 70.2 Å². The summed E-state index contributed by atoms with van der Waals surface area (Å²) >= 11 is 0. The molecule has 150 valence electrons. The maximum Gasteiger partial charge on any atom is 0.225 e. The van der Waals surface area contributed by atoms with Crippen molar-refractivity contribution in [3.63, 3.8) is 0 Å². The first-order valence-corrected chi connectivity index (χ1v) is 11.2. The van der Waals surface area contributed by atoms with Crippen LogP contribution in [0.5, 0.6) is 0 Å². The molecule has 1 amide bonds. The van der Waals surface area contributed by atoms with E-state index < -0.39 is 10.0 Å². The Morgan fingerprint density at radius 2 is 1.67 bits per heavy atom. The molecule has 0 N–H and O–H groups in total. The minimum Gasteiger partial charge on any atom is -0.384 e. The van der Waals surface area contributed by atoms with Gasteiger partial charge in [-0.3, -0.25) is 4.79 Å². The number of carbonyl (C=O) groups excluding carboxylic acids is 1. The number of nitrogens with zero attached hydrogens (tertiary/aromatic N) is 3. The maximum absolute atomic E-state index is 12.8. The zero-order valence-corrected chi connectivity index (χ0v) is 16.7. The fourth-order valence-corrected chi connectivity index (χ4v) is 5.18. The summed E-state index contributed by atoms with van der Waals surface area (Å²) in [5, 5.41) is 0. The Morgan fingerprint density at radius 3 is 2.26 bits per heavy atom. The van der Waals surface area contributed by atoms with Crippen LogP contribution in [0.1, 0.15) is 12.8 Å². The van der Waals surface area contributed by atoms with Gasteiger partial charge in [0.2, 0.25) is 15.9 Å². The highest BCUT2D eigenvalue weighted by Crippen LogP contribution is 2.23. The summed E-state index contributed by atoms with van der Waals surface area (Å²) in [4.78, 5) is 17.1. The van der Waals surface area contributed by atoms with E-state index in [4.69, 9.17) is 4.74 Å². The van der Waals surface area contributed by atoms with Gasteiger partial charge in [0.05, 0.1) is 12.4 Å². The van der Waals surface area contributed by atoms with E-state index in [1.807, 2.05) is 23.1 Å². The standard InChI is InChI=1S/C19H29N3O4S/c1-26-15-16-27(24,25)22-9-7-17(8-10-22)19(23)21-13-11-20(12-14-21)18-5-3-2-4-6-18/h2-6,17H,7-16H2,1H3. The van der Waals surface area contributed by atoms with Crippen molar-refractivity contribution in [3.8, 4) is 0 Å². The van der Waals surface area contributed by atoms with Gasteiger partial charge in [-0.1, -0.05) is 18.2 Å². The number of benzene rings is 1. The Kier molecular flexibility index (Phi) is 6.73. The van der Waals surface area contributed by atoms with Gasteiger partial charge in [-0.2, -0.15) is 0 Å². The smallest absolute Gasteiger partial charge is 0.225 e. The van der Waals surface area contributed by atoms with Crippen LogP contribution in [0.4, 0.5) is 5.69 Å². The lowest BCUT2D eigenvalue weighted by Gasteiger charge is -2.39. The minimum absolute atomic E-state index is 0.00353. The Labute approximate surface area is 161 Å². The van der Waals surface area contributed by atoms with Crippen LogP contribution in [0.15, 0.2) is 30.3 Å². The fraction of sp³-hybridized carbons (Fsp3) is 0.632. The van der Waals surface area contributed by atoms with Crippen LogP contribution in [-0.2, 0) is 19.6 Å². The number of para-hydroxylation sites is 1. The van der Waals surface area contributed by atoms with Crippen LogP contribution < -0.4 is 4.90 Å². The fourth-order valence-electron chi connectivity index (χ4n) is 3.78. The highest BCUT2D eigenvalue weighted by atomic mass is 32.2. The number of anilines is 1. The van der Waals surface area contributed by atoms with Gasteiger partial charge in [-0.15, -0.1) is 0 Å². The molecule has 0 radical (unpaired) electrons. The first-order valence-electron chi connectivity index (χ1n) is 9.57. The molecule has 2 saturated heterocycles. The highest BCUT2D eigenvalue weighted by molar-refractivity contribution is 7.89. The normalized spacial score (nSPS) is 20.0. The van der Waals surface area contributed by atoms with E-state index in [1.165, 1.54) is 17.1 Å². The summed E-state index contributed by atoms with van der Waals surface area (Å²) < 4.78 is 30.9. The molecule has 0 spiro atoms. The van der Waals surface area contributed by atoms with Crippen molar-refractivity contribution in [2.24, 2.45) is 5.92 Å². The summed E-state index contributed by atoms with van der Waals surface area (Å²) in [7, 11) is -1.78. The molecule has 0 unspecified atom stereocenters. The number of piperidine rings is 1. The molecule has 7 nitrogen and oxygen atoms in total. The predicted octanol–water partition coefficient (Wildman–Crippen LogP) is 1.02. The van der Waals surface area contributed by atoms with Crippen molar-refractivity contribution in [1.82, 2.24) is 9.21 Å². The number of amides is 1. The quantitative estimate of drug-likeness (QED) is 0.719. The van der Waals surface area contributed by atoms with Gasteiger partial charge >= 0.3 is 0 Å². The van der Waals surface area contributed by atoms with Gasteiger partial charge in [0, 0.05) is 58.0 Å². The molecular weight excluding hydrogens is 366 g/mol. The van der Waals surface area contributed by atoms with Gasteiger partial charge in [0.1, 0.15) is 0 Å². The predicted molar refractivity (Wildman–Crippen MR) is 105 cm³/mol. The molecule has 8 heteroatoms. The Morgan fingerprint density at radius 1 is 1.04 bits per heavy atom. The molecule has 0 atom stereocenters. The molecule has 3 rings (SSSR count). The van der Waals surface area contributed by atoms with Crippen LogP contribution >= 0.6 is 0 Å². The number of hydrogen-bond donors (Lipinski definition) is 0. The van der Waals surface area contributed by atoms with Gasteiger partial charge in [-0.25, -0.2) is 12.7 Å². The van der Waals surface area contributed by atoms with E-state index in [-0.39, 0.29) is 24.2 Å². The monoisotopic (exact) mass is 395 g/mol. The summed E-state index contributed by atoms with van der Waals surface area (Å²) in [6.07, 6.45) is 1.20. The second-order valence-corrected chi connectivity index (χ2v) is 9.22. The van der Waals surface area contributed by atoms with E-state index in [9.17, 15) is 13.2 Å². The molecule has 2 heterocycles. The lowest BCUT2D eigenvalue weighted by Crippen LogP contribution is -2.52. The summed E-state index contributed by atoms with van der Waals surface area (Å²) in [5.74, 6) is 0.114. The third-order valence-electron chi connectivity index (χ3n) is 5.45. The van der Waals surface area contributed by atoms with Crippen LogP contribution in [0.2, 0.25) is 0 Å². The number of rotatable bonds is 6. The van der Waals surface area contributed by atoms with E-state index >= 15 is 0 Å². The molecule has 1 aromatic rings. The average molecular weight is 396 g/mol. The molecule has 2 aliphatic heterocycles. The number of carbonyl (C=O) groups is 1. The van der Waals surface area contributed by atoms with Crippen LogP contribution in [-0.4, -0.2) is 82.3 Å². The molecule has 1 aromatic carbocycles. The minimum atomic E-state index is -3.28. The Hall–Kier alpha value is -1.64. The molecule has 0 aliphatic carbocycles. The Balaban J connectivity index is 1.47. The van der Waals surface area contributed by atoms with E-state index in [0.29, 0.717) is 25.9 Å². The number of hydrogen-bond acceptors (Lipinski definition) is 5. The third kappa shape index (κ3) is 5.00. The first-order chi connectivity index (χ1) is 13.0. The second kappa shape index (κ2) is 9.03. The lowest BCUT2D eigenvalue weighted by atomic mass is 9.96. The summed E-state index contributed by atoms with van der Waals surface area (Å²) in [5.41, 5.74) is 1.19. The zero-order chi connectivity index (χ0) is 19.3.